The number of nitrogens with zero attached hydrogens (tertiary/aromatic N) is 2. The van der Waals surface area contributed by atoms with Crippen LogP contribution >= 0.6 is 0 Å². The first-order chi connectivity index (χ1) is 12.4. The third-order valence-corrected chi connectivity index (χ3v) is 4.04. The molecule has 1 heterocycles. The summed E-state index contributed by atoms with van der Waals surface area (Å²) in [6.07, 6.45) is -0.406. The minimum atomic E-state index is -0.406. The molecular weight excluding hydrogens is 342 g/mol. The Balaban J connectivity index is 2.23. The summed E-state index contributed by atoms with van der Waals surface area (Å²) in [5.74, 6) is 0.175. The Kier molecular flexibility index (Phi) is 6.26. The van der Waals surface area contributed by atoms with E-state index in [9.17, 15) is 14.4 Å². The number of methoxy groups -OCH3 is 3. The lowest BCUT2D eigenvalue weighted by Gasteiger charge is -2.34. The van der Waals surface area contributed by atoms with Crippen molar-refractivity contribution in [3.8, 4) is 11.5 Å². The first kappa shape index (κ1) is 19.4. The van der Waals surface area contributed by atoms with E-state index in [4.69, 9.17) is 14.2 Å². The van der Waals surface area contributed by atoms with Crippen molar-refractivity contribution in [1.29, 1.82) is 0 Å². The molecule has 0 bridgehead atoms. The van der Waals surface area contributed by atoms with E-state index >= 15 is 0 Å². The molecule has 0 atom stereocenters. The molecule has 26 heavy (non-hydrogen) atoms. The highest BCUT2D eigenvalue weighted by Gasteiger charge is 2.26. The van der Waals surface area contributed by atoms with Gasteiger partial charge in [-0.2, -0.15) is 0 Å². The van der Waals surface area contributed by atoms with Crippen LogP contribution < -0.4 is 14.8 Å². The molecule has 3 amide bonds. The van der Waals surface area contributed by atoms with Crippen LogP contribution in [-0.2, 0) is 9.53 Å². The average molecular weight is 365 g/mol. The summed E-state index contributed by atoms with van der Waals surface area (Å²) in [7, 11) is 4.24. The van der Waals surface area contributed by atoms with Crippen molar-refractivity contribution in [1.82, 2.24) is 9.80 Å². The SMILES string of the molecule is COC(=O)N1CCN(C(=O)c2cc(NC(C)=O)c(OC)c(OC)c2)CC1. The molecule has 1 aliphatic heterocycles. The fourth-order valence-corrected chi connectivity index (χ4v) is 2.77. The zero-order valence-corrected chi connectivity index (χ0v) is 15.3. The monoisotopic (exact) mass is 365 g/mol. The summed E-state index contributed by atoms with van der Waals surface area (Å²) in [4.78, 5) is 39.0. The van der Waals surface area contributed by atoms with Gasteiger partial charge in [0.1, 0.15) is 0 Å². The van der Waals surface area contributed by atoms with Gasteiger partial charge < -0.3 is 29.3 Å². The molecule has 9 heteroatoms. The third-order valence-electron chi connectivity index (χ3n) is 4.04. The molecule has 1 aliphatic rings. The summed E-state index contributed by atoms with van der Waals surface area (Å²) in [6, 6.07) is 3.12. The summed E-state index contributed by atoms with van der Waals surface area (Å²) >= 11 is 0. The number of hydrogen-bond acceptors (Lipinski definition) is 6. The minimum Gasteiger partial charge on any atom is -0.493 e. The molecule has 1 N–H and O–H groups in total. The van der Waals surface area contributed by atoms with E-state index in [1.165, 1.54) is 28.3 Å². The first-order valence-electron chi connectivity index (χ1n) is 8.07. The van der Waals surface area contributed by atoms with Crippen LogP contribution in [0.1, 0.15) is 17.3 Å². The molecule has 1 aromatic rings. The number of carbonyl (C=O) groups excluding carboxylic acids is 3. The van der Waals surface area contributed by atoms with Gasteiger partial charge in [-0.3, -0.25) is 9.59 Å². The molecule has 0 aromatic heterocycles. The van der Waals surface area contributed by atoms with E-state index in [0.29, 0.717) is 48.9 Å². The Bertz CT molecular complexity index is 698. The number of benzene rings is 1. The first-order valence-corrected chi connectivity index (χ1v) is 8.07. The number of amides is 3. The topological polar surface area (TPSA) is 97.4 Å². The molecule has 0 saturated carbocycles. The van der Waals surface area contributed by atoms with Crippen LogP contribution in [0.3, 0.4) is 0 Å². The van der Waals surface area contributed by atoms with E-state index < -0.39 is 6.09 Å². The second kappa shape index (κ2) is 8.41. The normalized spacial score (nSPS) is 13.8. The highest BCUT2D eigenvalue weighted by molar-refractivity contribution is 5.99. The molecule has 0 unspecified atom stereocenters. The molecule has 9 nitrogen and oxygen atoms in total. The molecule has 0 spiro atoms. The third kappa shape index (κ3) is 4.16. The lowest BCUT2D eigenvalue weighted by atomic mass is 10.1. The predicted molar refractivity (Wildman–Crippen MR) is 93.7 cm³/mol. The average Bonchev–Trinajstić information content (AvgIpc) is 2.65. The molecule has 0 aliphatic carbocycles. The summed E-state index contributed by atoms with van der Waals surface area (Å²) in [5.41, 5.74) is 0.716. The summed E-state index contributed by atoms with van der Waals surface area (Å²) in [5, 5.41) is 2.64. The zero-order valence-electron chi connectivity index (χ0n) is 15.3. The Morgan fingerprint density at radius 1 is 0.962 bits per heavy atom. The van der Waals surface area contributed by atoms with E-state index in [2.05, 4.69) is 5.32 Å². The van der Waals surface area contributed by atoms with Crippen molar-refractivity contribution in [3.63, 3.8) is 0 Å². The van der Waals surface area contributed by atoms with Gasteiger partial charge in [0.05, 0.1) is 27.0 Å². The van der Waals surface area contributed by atoms with Crippen LogP contribution in [0.15, 0.2) is 12.1 Å². The summed E-state index contributed by atoms with van der Waals surface area (Å²) in [6.45, 7) is 2.93. The van der Waals surface area contributed by atoms with Gasteiger partial charge in [-0.05, 0) is 12.1 Å². The second-order valence-corrected chi connectivity index (χ2v) is 5.69. The Hall–Kier alpha value is -2.97. The van der Waals surface area contributed by atoms with Crippen LogP contribution in [0.25, 0.3) is 0 Å². The Morgan fingerprint density at radius 2 is 1.58 bits per heavy atom. The second-order valence-electron chi connectivity index (χ2n) is 5.69. The molecule has 142 valence electrons. The zero-order chi connectivity index (χ0) is 19.3. The van der Waals surface area contributed by atoms with Gasteiger partial charge in [-0.1, -0.05) is 0 Å². The smallest absolute Gasteiger partial charge is 0.409 e. The maximum absolute atomic E-state index is 12.8. The minimum absolute atomic E-state index is 0.220. The largest absolute Gasteiger partial charge is 0.493 e. The lowest BCUT2D eigenvalue weighted by Crippen LogP contribution is -2.50. The van der Waals surface area contributed by atoms with Crippen LogP contribution in [0, 0.1) is 0 Å². The van der Waals surface area contributed by atoms with Crippen LogP contribution in [0.2, 0.25) is 0 Å². The fourth-order valence-electron chi connectivity index (χ4n) is 2.77. The quantitative estimate of drug-likeness (QED) is 0.861. The fraction of sp³-hybridized carbons (Fsp3) is 0.471. The van der Waals surface area contributed by atoms with E-state index in [1.807, 2.05) is 0 Å². The van der Waals surface area contributed by atoms with Gasteiger partial charge in [0.15, 0.2) is 11.5 Å². The molecule has 1 aromatic carbocycles. The molecular formula is C17H23N3O6. The van der Waals surface area contributed by atoms with Crippen LogP contribution in [0.5, 0.6) is 11.5 Å². The Morgan fingerprint density at radius 3 is 2.08 bits per heavy atom. The molecule has 2 rings (SSSR count). The molecule has 1 fully saturated rings. The van der Waals surface area contributed by atoms with Gasteiger partial charge in [-0.25, -0.2) is 4.79 Å². The van der Waals surface area contributed by atoms with Crippen molar-refractivity contribution in [3.05, 3.63) is 17.7 Å². The van der Waals surface area contributed by atoms with Crippen molar-refractivity contribution in [2.24, 2.45) is 0 Å². The lowest BCUT2D eigenvalue weighted by molar-refractivity contribution is -0.114. The van der Waals surface area contributed by atoms with Gasteiger partial charge >= 0.3 is 6.09 Å². The van der Waals surface area contributed by atoms with Gasteiger partial charge in [0, 0.05) is 38.7 Å². The van der Waals surface area contributed by atoms with Gasteiger partial charge in [0.2, 0.25) is 5.91 Å². The van der Waals surface area contributed by atoms with Crippen molar-refractivity contribution < 1.29 is 28.6 Å². The number of carbonyl (C=O) groups is 3. The van der Waals surface area contributed by atoms with Crippen molar-refractivity contribution in [2.75, 3.05) is 52.8 Å². The van der Waals surface area contributed by atoms with Gasteiger partial charge in [-0.15, -0.1) is 0 Å². The number of rotatable bonds is 4. The maximum Gasteiger partial charge on any atom is 0.409 e. The van der Waals surface area contributed by atoms with Crippen molar-refractivity contribution in [2.45, 2.75) is 6.92 Å². The highest BCUT2D eigenvalue weighted by atomic mass is 16.5. The highest BCUT2D eigenvalue weighted by Crippen LogP contribution is 2.37. The van der Waals surface area contributed by atoms with Crippen molar-refractivity contribution >= 4 is 23.6 Å². The number of anilines is 1. The number of ether oxygens (including phenoxy) is 3. The predicted octanol–water partition coefficient (Wildman–Crippen LogP) is 1.19. The van der Waals surface area contributed by atoms with E-state index in [1.54, 1.807) is 21.9 Å². The Labute approximate surface area is 151 Å². The van der Waals surface area contributed by atoms with E-state index in [0.717, 1.165) is 0 Å². The number of hydrogen-bond donors (Lipinski definition) is 1. The molecule has 0 radical (unpaired) electrons. The number of piperazine rings is 1. The van der Waals surface area contributed by atoms with E-state index in [-0.39, 0.29) is 11.8 Å². The van der Waals surface area contributed by atoms with Crippen LogP contribution in [0.4, 0.5) is 10.5 Å². The number of nitrogens with one attached hydrogen (secondary N) is 1. The summed E-state index contributed by atoms with van der Waals surface area (Å²) < 4.78 is 15.3. The standard InChI is InChI=1S/C17H23N3O6/c1-11(21)18-13-9-12(10-14(24-2)15(13)25-3)16(22)19-5-7-20(8-6-19)17(23)26-4/h9-10H,5-8H2,1-4H3,(H,18,21). The van der Waals surface area contributed by atoms with Gasteiger partial charge in [0.25, 0.3) is 5.91 Å². The van der Waals surface area contributed by atoms with Crippen LogP contribution in [-0.4, -0.2) is 75.2 Å². The molecule has 1 saturated heterocycles. The maximum atomic E-state index is 12.8.